The molecule has 0 fully saturated rings. The van der Waals surface area contributed by atoms with Crippen LogP contribution in [0.15, 0.2) is 0 Å². The maximum Gasteiger partial charge on any atom is 0.0553 e. The second-order valence-electron chi connectivity index (χ2n) is 0.512. The summed E-state index contributed by atoms with van der Waals surface area (Å²) in [7, 11) is 0. The Labute approximate surface area is 45.0 Å². The standard InChI is InChI=1S/C2H7NO.Pd/c3-1-2-4;/h4H,1-3H2;. The van der Waals surface area contributed by atoms with Gasteiger partial charge in [-0.15, -0.1) is 0 Å². The quantitative estimate of drug-likeness (QED) is 0.489. The van der Waals surface area contributed by atoms with Crippen molar-refractivity contribution in [3.63, 3.8) is 0 Å². The number of aliphatic hydroxyl groups excluding tert-OH is 1. The molecule has 0 radical (unpaired) electrons. The average molecular weight is 168 g/mol. The molecule has 0 aliphatic heterocycles. The molecule has 0 aromatic carbocycles. The molecule has 0 rings (SSSR count). The molecule has 0 heterocycles. The van der Waals surface area contributed by atoms with Gasteiger partial charge < -0.3 is 10.8 Å². The van der Waals surface area contributed by atoms with Gasteiger partial charge in [0.15, 0.2) is 0 Å². The van der Waals surface area contributed by atoms with Gasteiger partial charge in [0.05, 0.1) is 6.61 Å². The van der Waals surface area contributed by atoms with Crippen molar-refractivity contribution in [1.29, 1.82) is 0 Å². The molecule has 0 unspecified atom stereocenters. The fourth-order valence-electron chi connectivity index (χ4n) is 0. The topological polar surface area (TPSA) is 46.2 Å². The van der Waals surface area contributed by atoms with E-state index in [0.717, 1.165) is 0 Å². The molecular weight excluding hydrogens is 160 g/mol. The van der Waals surface area contributed by atoms with Gasteiger partial charge in [0, 0.05) is 27.0 Å². The summed E-state index contributed by atoms with van der Waals surface area (Å²) in [5, 5.41) is 7.75. The van der Waals surface area contributed by atoms with Crippen molar-refractivity contribution in [2.24, 2.45) is 5.73 Å². The summed E-state index contributed by atoms with van der Waals surface area (Å²) in [4.78, 5) is 0. The monoisotopic (exact) mass is 167 g/mol. The molecule has 0 amide bonds. The SMILES string of the molecule is NCCO.[Pd]. The zero-order chi connectivity index (χ0) is 3.41. The van der Waals surface area contributed by atoms with Crippen LogP contribution in [0.5, 0.6) is 0 Å². The second kappa shape index (κ2) is 8.82. The molecule has 0 saturated carbocycles. The summed E-state index contributed by atoms with van der Waals surface area (Å²) >= 11 is 0. The van der Waals surface area contributed by atoms with Crippen LogP contribution in [0, 0.1) is 0 Å². The molecular formula is C2H7NOPd. The largest absolute Gasteiger partial charge is 0.395 e. The zero-order valence-corrected chi connectivity index (χ0v) is 4.31. The van der Waals surface area contributed by atoms with Crippen LogP contribution in [0.1, 0.15) is 0 Å². The Hall–Kier alpha value is 0.582. The predicted octanol–water partition coefficient (Wildman–Crippen LogP) is -1.07. The van der Waals surface area contributed by atoms with Crippen LogP contribution in [0.25, 0.3) is 0 Å². The summed E-state index contributed by atoms with van der Waals surface area (Å²) in [6.07, 6.45) is 0. The number of aliphatic hydroxyl groups is 1. The molecule has 36 valence electrons. The fraction of sp³-hybridized carbons (Fsp3) is 1.00. The minimum Gasteiger partial charge on any atom is -0.395 e. The molecule has 0 bridgehead atoms. The third kappa shape index (κ3) is 12.2. The molecule has 0 aromatic rings. The third-order valence-corrected chi connectivity index (χ3v) is 0.129. The van der Waals surface area contributed by atoms with Gasteiger partial charge in [-0.3, -0.25) is 0 Å². The first-order valence-corrected chi connectivity index (χ1v) is 1.22. The van der Waals surface area contributed by atoms with E-state index in [1.165, 1.54) is 0 Å². The van der Waals surface area contributed by atoms with Gasteiger partial charge in [-0.1, -0.05) is 0 Å². The molecule has 2 nitrogen and oxygen atoms in total. The smallest absolute Gasteiger partial charge is 0.0553 e. The van der Waals surface area contributed by atoms with Gasteiger partial charge in [0.1, 0.15) is 0 Å². The van der Waals surface area contributed by atoms with Crippen molar-refractivity contribution in [2.45, 2.75) is 0 Å². The van der Waals surface area contributed by atoms with E-state index in [4.69, 9.17) is 10.8 Å². The summed E-state index contributed by atoms with van der Waals surface area (Å²) in [6.45, 7) is 0.472. The average Bonchev–Trinajstić information content (AvgIpc) is 1.37. The van der Waals surface area contributed by atoms with Crippen LogP contribution in [0.4, 0.5) is 0 Å². The first-order valence-electron chi connectivity index (χ1n) is 1.22. The molecule has 0 aromatic heterocycles. The Bertz CT molecular complexity index is 11.6. The van der Waals surface area contributed by atoms with Crippen molar-refractivity contribution in [1.82, 2.24) is 0 Å². The van der Waals surface area contributed by atoms with Gasteiger partial charge in [-0.05, 0) is 0 Å². The van der Waals surface area contributed by atoms with Crippen molar-refractivity contribution in [2.75, 3.05) is 13.2 Å². The summed E-state index contributed by atoms with van der Waals surface area (Å²) in [6, 6.07) is 0. The fourth-order valence-corrected chi connectivity index (χ4v) is 0. The van der Waals surface area contributed by atoms with Crippen LogP contribution >= 0.6 is 0 Å². The Kier molecular flexibility index (Phi) is 16.1. The van der Waals surface area contributed by atoms with Crippen LogP contribution in [-0.4, -0.2) is 18.3 Å². The Morgan fingerprint density at radius 1 is 1.60 bits per heavy atom. The molecule has 5 heavy (non-hydrogen) atoms. The zero-order valence-electron chi connectivity index (χ0n) is 2.76. The first-order chi connectivity index (χ1) is 1.91. The summed E-state index contributed by atoms with van der Waals surface area (Å²) < 4.78 is 0. The van der Waals surface area contributed by atoms with Gasteiger partial charge in [-0.2, -0.15) is 0 Å². The van der Waals surface area contributed by atoms with Crippen molar-refractivity contribution in [3.05, 3.63) is 0 Å². The van der Waals surface area contributed by atoms with E-state index in [2.05, 4.69) is 0 Å². The van der Waals surface area contributed by atoms with Gasteiger partial charge >= 0.3 is 0 Å². The van der Waals surface area contributed by atoms with E-state index in [1.54, 1.807) is 0 Å². The van der Waals surface area contributed by atoms with E-state index in [9.17, 15) is 0 Å². The van der Waals surface area contributed by atoms with E-state index < -0.39 is 0 Å². The van der Waals surface area contributed by atoms with E-state index >= 15 is 0 Å². The molecule has 0 aliphatic rings. The molecule has 0 aliphatic carbocycles. The van der Waals surface area contributed by atoms with Crippen molar-refractivity contribution >= 4 is 0 Å². The minimum atomic E-state index is 0. The molecule has 3 heteroatoms. The van der Waals surface area contributed by atoms with Crippen LogP contribution in [0.2, 0.25) is 0 Å². The summed E-state index contributed by atoms with van der Waals surface area (Å²) in [5.74, 6) is 0. The number of hydrogen-bond acceptors (Lipinski definition) is 2. The first kappa shape index (κ1) is 9.13. The Morgan fingerprint density at radius 2 is 1.80 bits per heavy atom. The Balaban J connectivity index is 0. The van der Waals surface area contributed by atoms with Gasteiger partial charge in [0.25, 0.3) is 0 Å². The van der Waals surface area contributed by atoms with Gasteiger partial charge in [0.2, 0.25) is 0 Å². The van der Waals surface area contributed by atoms with Crippen LogP contribution in [0.3, 0.4) is 0 Å². The number of rotatable bonds is 1. The summed E-state index contributed by atoms with van der Waals surface area (Å²) in [5.41, 5.74) is 4.78. The molecule has 0 atom stereocenters. The predicted molar refractivity (Wildman–Crippen MR) is 16.1 cm³/mol. The van der Waals surface area contributed by atoms with E-state index in [1.807, 2.05) is 0 Å². The van der Waals surface area contributed by atoms with Gasteiger partial charge in [-0.25, -0.2) is 0 Å². The van der Waals surface area contributed by atoms with E-state index in [-0.39, 0.29) is 27.0 Å². The minimum absolute atomic E-state index is 0. The van der Waals surface area contributed by atoms with Crippen molar-refractivity contribution < 1.29 is 25.5 Å². The number of hydrogen-bond donors (Lipinski definition) is 2. The Morgan fingerprint density at radius 3 is 1.80 bits per heavy atom. The maximum atomic E-state index is 7.75. The normalized spacial score (nSPS) is 6.00. The molecule has 3 N–H and O–H groups in total. The maximum absolute atomic E-state index is 7.75. The second-order valence-corrected chi connectivity index (χ2v) is 0.512. The number of nitrogens with two attached hydrogens (primary N) is 1. The molecule has 0 spiro atoms. The van der Waals surface area contributed by atoms with E-state index in [0.29, 0.717) is 6.54 Å². The van der Waals surface area contributed by atoms with Crippen LogP contribution in [-0.2, 0) is 20.4 Å². The third-order valence-electron chi connectivity index (χ3n) is 0.129. The van der Waals surface area contributed by atoms with Crippen molar-refractivity contribution in [3.8, 4) is 0 Å². The molecule has 0 saturated heterocycles. The van der Waals surface area contributed by atoms with Crippen LogP contribution < -0.4 is 5.73 Å².